The van der Waals surface area contributed by atoms with Gasteiger partial charge in [-0.05, 0) is 66.1 Å². The van der Waals surface area contributed by atoms with Crippen LogP contribution < -0.4 is 9.47 Å². The van der Waals surface area contributed by atoms with Gasteiger partial charge in [-0.2, -0.15) is 0 Å². The van der Waals surface area contributed by atoms with Crippen LogP contribution in [0.5, 0.6) is 11.5 Å². The van der Waals surface area contributed by atoms with Gasteiger partial charge < -0.3 is 23.4 Å². The molecule has 0 aromatic heterocycles. The standard InChI is InChI=1S/C37H44NO4/c1-38(21-24-8-9-24)17-16-36-32-28-12-13-30(39-2)33(32)42-34(36)37(40-3)15-14-35(36,31(38)19-28)20-29(37)23-41-22-25-10-11-26-6-4-5-7-27(26)18-25/h4-7,10-13,18,24,29,31,34H,8-9,14-17,19-23H2,1-3H3/q+1/t29-,31-,34-,35-,36+,37-,38?/m1/s1. The zero-order valence-corrected chi connectivity index (χ0v) is 25.4. The first-order chi connectivity index (χ1) is 20.5. The van der Waals surface area contributed by atoms with Crippen LogP contribution >= 0.6 is 0 Å². The van der Waals surface area contributed by atoms with E-state index in [9.17, 15) is 0 Å². The lowest BCUT2D eigenvalue weighted by Crippen LogP contribution is -2.83. The van der Waals surface area contributed by atoms with E-state index in [-0.39, 0.29) is 22.5 Å². The number of piperidine rings is 1. The van der Waals surface area contributed by atoms with E-state index in [1.165, 1.54) is 70.7 Å². The van der Waals surface area contributed by atoms with Crippen LogP contribution in [0.3, 0.4) is 0 Å². The molecular formula is C37H44NO4+. The highest BCUT2D eigenvalue weighted by Gasteiger charge is 2.83. The molecule has 7 aliphatic rings. The number of rotatable bonds is 8. The normalized spacial score (nSPS) is 38.8. The summed E-state index contributed by atoms with van der Waals surface area (Å²) in [6, 6.07) is 20.4. The summed E-state index contributed by atoms with van der Waals surface area (Å²) < 4.78 is 27.8. The number of hydrogen-bond donors (Lipinski definition) is 0. The van der Waals surface area contributed by atoms with Gasteiger partial charge in [0.2, 0.25) is 0 Å². The van der Waals surface area contributed by atoms with Crippen LogP contribution in [0.1, 0.15) is 55.2 Å². The first kappa shape index (κ1) is 25.9. The summed E-state index contributed by atoms with van der Waals surface area (Å²) in [5, 5.41) is 2.55. The summed E-state index contributed by atoms with van der Waals surface area (Å²) in [6.45, 7) is 3.91. The second-order valence-electron chi connectivity index (χ2n) is 14.8. The first-order valence-corrected chi connectivity index (χ1v) is 16.3. The molecule has 0 amide bonds. The van der Waals surface area contributed by atoms with Crippen molar-refractivity contribution in [3.8, 4) is 11.5 Å². The molecule has 2 heterocycles. The summed E-state index contributed by atoms with van der Waals surface area (Å²) >= 11 is 0. The fourth-order valence-corrected chi connectivity index (χ4v) is 11.3. The summed E-state index contributed by atoms with van der Waals surface area (Å²) in [5.74, 6) is 3.12. The second kappa shape index (κ2) is 8.74. The third-order valence-electron chi connectivity index (χ3n) is 13.1. The molecule has 4 bridgehead atoms. The second-order valence-corrected chi connectivity index (χ2v) is 14.8. The van der Waals surface area contributed by atoms with Gasteiger partial charge in [0.05, 0.1) is 51.9 Å². The van der Waals surface area contributed by atoms with E-state index in [2.05, 4.69) is 61.6 Å². The summed E-state index contributed by atoms with van der Waals surface area (Å²) in [5.41, 5.74) is 4.06. The van der Waals surface area contributed by atoms with Crippen LogP contribution in [0, 0.1) is 17.3 Å². The first-order valence-electron chi connectivity index (χ1n) is 16.3. The van der Waals surface area contributed by atoms with Crippen molar-refractivity contribution in [2.45, 2.75) is 74.7 Å². The Kier molecular flexibility index (Phi) is 5.38. The SMILES string of the molecule is COc1ccc2c3c1O[C@H]1[C@@]4(OC)CC[C@@]5(C[C@@H]4COCc4ccc6ccccc6c4)[C@@H](C2)[N+](C)(CC2CC2)CC[C@]315. The van der Waals surface area contributed by atoms with E-state index in [0.717, 1.165) is 36.7 Å². The van der Waals surface area contributed by atoms with Crippen LogP contribution in [-0.2, 0) is 27.9 Å². The Morgan fingerprint density at radius 3 is 2.64 bits per heavy atom. The molecule has 5 fully saturated rings. The average Bonchev–Trinajstić information content (AvgIpc) is 3.75. The molecule has 220 valence electrons. The third kappa shape index (κ3) is 3.15. The highest BCUT2D eigenvalue weighted by Crippen LogP contribution is 2.77. The lowest BCUT2D eigenvalue weighted by atomic mass is 9.34. The van der Waals surface area contributed by atoms with Crippen molar-refractivity contribution < 1.29 is 23.4 Å². The quantitative estimate of drug-likeness (QED) is 0.294. The number of quaternary nitrogens is 1. The molecule has 3 aromatic carbocycles. The van der Waals surface area contributed by atoms with E-state index in [0.29, 0.717) is 25.2 Å². The van der Waals surface area contributed by atoms with Crippen molar-refractivity contribution in [3.05, 3.63) is 71.3 Å². The van der Waals surface area contributed by atoms with Crippen molar-refractivity contribution in [2.75, 3.05) is 41.0 Å². The largest absolute Gasteiger partial charge is 0.493 e. The van der Waals surface area contributed by atoms with Crippen LogP contribution in [0.2, 0.25) is 0 Å². The Balaban J connectivity index is 1.11. The maximum atomic E-state index is 7.22. The molecular weight excluding hydrogens is 522 g/mol. The summed E-state index contributed by atoms with van der Waals surface area (Å²) in [4.78, 5) is 0. The number of methoxy groups -OCH3 is 2. The smallest absolute Gasteiger partial charge is 0.165 e. The van der Waals surface area contributed by atoms with Gasteiger partial charge in [0, 0.05) is 42.8 Å². The number of hydrogen-bond acceptors (Lipinski definition) is 4. The number of likely N-dealkylation sites (N-methyl/N-ethyl adjacent to an activating group) is 1. The summed E-state index contributed by atoms with van der Waals surface area (Å²) in [7, 11) is 6.33. The minimum atomic E-state index is -0.356. The van der Waals surface area contributed by atoms with Gasteiger partial charge in [0.15, 0.2) is 11.5 Å². The fourth-order valence-electron chi connectivity index (χ4n) is 11.3. The van der Waals surface area contributed by atoms with Crippen molar-refractivity contribution in [2.24, 2.45) is 17.3 Å². The predicted octanol–water partition coefficient (Wildman–Crippen LogP) is 6.43. The van der Waals surface area contributed by atoms with Crippen LogP contribution in [-0.4, -0.2) is 63.2 Å². The van der Waals surface area contributed by atoms with Crippen LogP contribution in [0.15, 0.2) is 54.6 Å². The lowest BCUT2D eigenvalue weighted by molar-refractivity contribution is -0.952. The van der Waals surface area contributed by atoms with Gasteiger partial charge in [-0.1, -0.05) is 42.5 Å². The van der Waals surface area contributed by atoms with E-state index in [1.54, 1.807) is 7.11 Å². The highest BCUT2D eigenvalue weighted by atomic mass is 16.6. The molecule has 7 atom stereocenters. The number of ether oxygens (including phenoxy) is 4. The number of likely N-dealkylation sites (tertiary alicyclic amines) is 1. The van der Waals surface area contributed by atoms with Crippen LogP contribution in [0.25, 0.3) is 10.8 Å². The van der Waals surface area contributed by atoms with E-state index < -0.39 is 0 Å². The molecule has 5 aliphatic carbocycles. The van der Waals surface area contributed by atoms with Crippen molar-refractivity contribution in [1.29, 1.82) is 0 Å². The molecule has 2 spiro atoms. The Hall–Kier alpha value is -2.60. The van der Waals surface area contributed by atoms with Gasteiger partial charge in [0.1, 0.15) is 11.7 Å². The maximum Gasteiger partial charge on any atom is 0.165 e. The Morgan fingerprint density at radius 1 is 0.976 bits per heavy atom. The number of fused-ring (bicyclic) bond motifs is 3. The molecule has 2 aliphatic heterocycles. The topological polar surface area (TPSA) is 36.9 Å². The maximum absolute atomic E-state index is 7.22. The minimum Gasteiger partial charge on any atom is -0.493 e. The molecule has 1 unspecified atom stereocenters. The Bertz CT molecular complexity index is 1580. The third-order valence-corrected chi connectivity index (χ3v) is 13.1. The van der Waals surface area contributed by atoms with Gasteiger partial charge in [-0.25, -0.2) is 0 Å². The van der Waals surface area contributed by atoms with Gasteiger partial charge in [-0.15, -0.1) is 0 Å². The Morgan fingerprint density at radius 2 is 1.83 bits per heavy atom. The summed E-state index contributed by atoms with van der Waals surface area (Å²) in [6.07, 6.45) is 8.61. The van der Waals surface area contributed by atoms with Crippen LogP contribution in [0.4, 0.5) is 0 Å². The monoisotopic (exact) mass is 566 g/mol. The molecule has 1 saturated heterocycles. The fraction of sp³-hybridized carbons (Fsp3) is 0.568. The zero-order chi connectivity index (χ0) is 28.3. The molecule has 42 heavy (non-hydrogen) atoms. The van der Waals surface area contributed by atoms with Gasteiger partial charge >= 0.3 is 0 Å². The number of benzene rings is 3. The molecule has 4 saturated carbocycles. The van der Waals surface area contributed by atoms with E-state index in [1.807, 2.05) is 7.11 Å². The predicted molar refractivity (Wildman–Crippen MR) is 163 cm³/mol. The average molecular weight is 567 g/mol. The molecule has 0 radical (unpaired) electrons. The van der Waals surface area contributed by atoms with Gasteiger partial charge in [-0.3, -0.25) is 0 Å². The van der Waals surface area contributed by atoms with E-state index in [4.69, 9.17) is 18.9 Å². The zero-order valence-electron chi connectivity index (χ0n) is 25.4. The van der Waals surface area contributed by atoms with Crippen molar-refractivity contribution >= 4 is 10.8 Å². The molecule has 5 nitrogen and oxygen atoms in total. The molecule has 0 N–H and O–H groups in total. The molecule has 10 rings (SSSR count). The molecule has 3 aromatic rings. The van der Waals surface area contributed by atoms with E-state index >= 15 is 0 Å². The van der Waals surface area contributed by atoms with Gasteiger partial charge in [0.25, 0.3) is 0 Å². The van der Waals surface area contributed by atoms with Crippen molar-refractivity contribution in [1.82, 2.24) is 0 Å². The number of nitrogens with zero attached hydrogens (tertiary/aromatic N) is 1. The Labute approximate surface area is 249 Å². The minimum absolute atomic E-state index is 0.000456. The lowest BCUT2D eigenvalue weighted by Gasteiger charge is -2.74. The highest BCUT2D eigenvalue weighted by molar-refractivity contribution is 5.82. The van der Waals surface area contributed by atoms with Crippen molar-refractivity contribution in [3.63, 3.8) is 0 Å². The molecule has 5 heteroatoms.